The van der Waals surface area contributed by atoms with E-state index in [2.05, 4.69) is 45.8 Å². The largest absolute Gasteiger partial charge is 0.369 e. The first-order chi connectivity index (χ1) is 14.3. The summed E-state index contributed by atoms with van der Waals surface area (Å²) >= 11 is 0. The van der Waals surface area contributed by atoms with Crippen LogP contribution in [0.15, 0.2) is 42.7 Å². The minimum atomic E-state index is -0.0414. The fourth-order valence-corrected chi connectivity index (χ4v) is 3.56. The first-order valence-corrected chi connectivity index (χ1v) is 10.0. The van der Waals surface area contributed by atoms with Gasteiger partial charge >= 0.3 is 0 Å². The smallest absolute Gasteiger partial charge is 0.227 e. The molecule has 154 valence electrons. The highest BCUT2D eigenvalue weighted by atomic mass is 16.1. The zero-order chi connectivity index (χ0) is 21.3. The zero-order valence-corrected chi connectivity index (χ0v) is 17.7. The SMILES string of the molecule is CC(=O)NCc1ccc(Nc2nccc(-c3cnc4c(c3)C(C)(C)CN4)n2)c(C)c1. The lowest BCUT2D eigenvalue weighted by molar-refractivity contribution is -0.119. The Balaban J connectivity index is 1.56. The van der Waals surface area contributed by atoms with Crippen LogP contribution in [0.4, 0.5) is 17.5 Å². The molecule has 0 aliphatic carbocycles. The summed E-state index contributed by atoms with van der Waals surface area (Å²) in [5.41, 5.74) is 6.07. The van der Waals surface area contributed by atoms with Gasteiger partial charge in [-0.2, -0.15) is 0 Å². The Hall–Kier alpha value is -3.48. The van der Waals surface area contributed by atoms with E-state index in [0.717, 1.165) is 40.4 Å². The van der Waals surface area contributed by atoms with Crippen LogP contribution in [-0.2, 0) is 16.8 Å². The maximum absolute atomic E-state index is 11.1. The van der Waals surface area contributed by atoms with Crippen LogP contribution in [0, 0.1) is 6.92 Å². The van der Waals surface area contributed by atoms with Gasteiger partial charge in [-0.1, -0.05) is 26.0 Å². The van der Waals surface area contributed by atoms with Gasteiger partial charge in [0.2, 0.25) is 11.9 Å². The summed E-state index contributed by atoms with van der Waals surface area (Å²) in [6.45, 7) is 9.35. The number of nitrogens with one attached hydrogen (secondary N) is 3. The van der Waals surface area contributed by atoms with Crippen molar-refractivity contribution in [3.8, 4) is 11.3 Å². The average Bonchev–Trinajstić information content (AvgIpc) is 3.03. The molecule has 3 aromatic rings. The van der Waals surface area contributed by atoms with Crippen LogP contribution >= 0.6 is 0 Å². The number of rotatable bonds is 5. The second-order valence-electron chi connectivity index (χ2n) is 8.31. The fraction of sp³-hybridized carbons (Fsp3) is 0.304. The van der Waals surface area contributed by atoms with Gasteiger partial charge in [0.25, 0.3) is 0 Å². The van der Waals surface area contributed by atoms with Gasteiger partial charge in [-0.15, -0.1) is 0 Å². The third kappa shape index (κ3) is 4.10. The van der Waals surface area contributed by atoms with Crippen LogP contribution in [0.25, 0.3) is 11.3 Å². The van der Waals surface area contributed by atoms with Gasteiger partial charge in [0.15, 0.2) is 0 Å². The van der Waals surface area contributed by atoms with Crippen LogP contribution in [0.3, 0.4) is 0 Å². The highest BCUT2D eigenvalue weighted by Crippen LogP contribution is 2.36. The number of anilines is 3. The Morgan fingerprint density at radius 1 is 1.20 bits per heavy atom. The highest BCUT2D eigenvalue weighted by Gasteiger charge is 2.31. The third-order valence-electron chi connectivity index (χ3n) is 5.34. The molecule has 7 heteroatoms. The summed E-state index contributed by atoms with van der Waals surface area (Å²) in [6, 6.07) is 10.1. The molecule has 1 amide bonds. The number of pyridine rings is 1. The quantitative estimate of drug-likeness (QED) is 0.599. The van der Waals surface area contributed by atoms with Crippen molar-refractivity contribution in [3.05, 3.63) is 59.4 Å². The Morgan fingerprint density at radius 2 is 2.03 bits per heavy atom. The third-order valence-corrected chi connectivity index (χ3v) is 5.34. The molecule has 7 nitrogen and oxygen atoms in total. The number of hydrogen-bond acceptors (Lipinski definition) is 6. The van der Waals surface area contributed by atoms with E-state index in [9.17, 15) is 4.79 Å². The zero-order valence-electron chi connectivity index (χ0n) is 17.7. The van der Waals surface area contributed by atoms with Gasteiger partial charge in [0, 0.05) is 54.6 Å². The van der Waals surface area contributed by atoms with Crippen molar-refractivity contribution in [2.24, 2.45) is 0 Å². The van der Waals surface area contributed by atoms with Gasteiger partial charge in [-0.25, -0.2) is 15.0 Å². The molecule has 0 radical (unpaired) electrons. The van der Waals surface area contributed by atoms with E-state index < -0.39 is 0 Å². The van der Waals surface area contributed by atoms with E-state index in [1.165, 1.54) is 12.5 Å². The summed E-state index contributed by atoms with van der Waals surface area (Å²) in [6.07, 6.45) is 3.60. The molecule has 0 fully saturated rings. The molecule has 0 spiro atoms. The molecule has 0 saturated heterocycles. The van der Waals surface area contributed by atoms with Gasteiger partial charge in [0.05, 0.1) is 5.69 Å². The number of hydrogen-bond donors (Lipinski definition) is 3. The molecule has 1 aromatic carbocycles. The van der Waals surface area contributed by atoms with Crippen LogP contribution in [-0.4, -0.2) is 27.4 Å². The van der Waals surface area contributed by atoms with E-state index in [4.69, 9.17) is 4.98 Å². The lowest BCUT2D eigenvalue weighted by Gasteiger charge is -2.17. The first-order valence-electron chi connectivity index (χ1n) is 10.0. The molecule has 0 saturated carbocycles. The normalized spacial score (nSPS) is 14.0. The molecule has 2 aromatic heterocycles. The van der Waals surface area contributed by atoms with Crippen molar-refractivity contribution in [1.29, 1.82) is 0 Å². The maximum atomic E-state index is 11.1. The standard InChI is InChI=1S/C23H26N6O/c1-14-9-16(11-25-15(2)30)5-6-19(14)28-22-24-8-7-20(29-22)17-10-18-21(26-12-17)27-13-23(18,3)4/h5-10,12H,11,13H2,1-4H3,(H,25,30)(H,26,27)(H,24,28,29). The van der Waals surface area contributed by atoms with Crippen LogP contribution in [0.5, 0.6) is 0 Å². The predicted octanol–water partition coefficient (Wildman–Crippen LogP) is 3.93. The number of nitrogens with zero attached hydrogens (tertiary/aromatic N) is 3. The van der Waals surface area contributed by atoms with E-state index in [1.54, 1.807) is 6.20 Å². The van der Waals surface area contributed by atoms with E-state index in [0.29, 0.717) is 12.5 Å². The summed E-state index contributed by atoms with van der Waals surface area (Å²) in [4.78, 5) is 24.8. The molecule has 3 N–H and O–H groups in total. The fourth-order valence-electron chi connectivity index (χ4n) is 3.56. The van der Waals surface area contributed by atoms with Gasteiger partial charge in [0.1, 0.15) is 5.82 Å². The number of aryl methyl sites for hydroxylation is 1. The molecular weight excluding hydrogens is 376 g/mol. The molecule has 0 bridgehead atoms. The summed E-state index contributed by atoms with van der Waals surface area (Å²) in [5, 5.41) is 9.47. The number of carbonyl (C=O) groups is 1. The summed E-state index contributed by atoms with van der Waals surface area (Å²) < 4.78 is 0. The van der Waals surface area contributed by atoms with Crippen molar-refractivity contribution >= 4 is 23.4 Å². The monoisotopic (exact) mass is 402 g/mol. The van der Waals surface area contributed by atoms with E-state index >= 15 is 0 Å². The molecule has 0 atom stereocenters. The Labute approximate surface area is 176 Å². The number of fused-ring (bicyclic) bond motifs is 1. The highest BCUT2D eigenvalue weighted by molar-refractivity contribution is 5.73. The van der Waals surface area contributed by atoms with E-state index in [-0.39, 0.29) is 11.3 Å². The first kappa shape index (κ1) is 19.8. The maximum Gasteiger partial charge on any atom is 0.227 e. The minimum absolute atomic E-state index is 0.0414. The van der Waals surface area contributed by atoms with Crippen molar-refractivity contribution in [2.45, 2.75) is 39.7 Å². The molecule has 1 aliphatic rings. The number of carbonyl (C=O) groups excluding carboxylic acids is 1. The Kier molecular flexibility index (Phi) is 5.11. The lowest BCUT2D eigenvalue weighted by atomic mass is 9.87. The lowest BCUT2D eigenvalue weighted by Crippen LogP contribution is -2.19. The van der Waals surface area contributed by atoms with Gasteiger partial charge < -0.3 is 16.0 Å². The average molecular weight is 403 g/mol. The van der Waals surface area contributed by atoms with Gasteiger partial charge in [-0.05, 0) is 36.2 Å². The number of aromatic nitrogens is 3. The van der Waals surface area contributed by atoms with Crippen molar-refractivity contribution < 1.29 is 4.79 Å². The molecule has 1 aliphatic heterocycles. The second-order valence-corrected chi connectivity index (χ2v) is 8.31. The van der Waals surface area contributed by atoms with E-state index in [1.807, 2.05) is 37.4 Å². The Morgan fingerprint density at radius 3 is 2.80 bits per heavy atom. The molecule has 3 heterocycles. The second kappa shape index (κ2) is 7.74. The molecule has 4 rings (SSSR count). The minimum Gasteiger partial charge on any atom is -0.369 e. The summed E-state index contributed by atoms with van der Waals surface area (Å²) in [5.74, 6) is 1.44. The number of benzene rings is 1. The molecule has 0 unspecified atom stereocenters. The van der Waals surface area contributed by atoms with Crippen LogP contribution in [0.2, 0.25) is 0 Å². The van der Waals surface area contributed by atoms with Crippen molar-refractivity contribution in [3.63, 3.8) is 0 Å². The Bertz CT molecular complexity index is 1110. The topological polar surface area (TPSA) is 91.8 Å². The molecular formula is C23H26N6O. The van der Waals surface area contributed by atoms with Crippen LogP contribution < -0.4 is 16.0 Å². The van der Waals surface area contributed by atoms with Crippen LogP contribution in [0.1, 0.15) is 37.5 Å². The van der Waals surface area contributed by atoms with Gasteiger partial charge in [-0.3, -0.25) is 4.79 Å². The number of amides is 1. The summed E-state index contributed by atoms with van der Waals surface area (Å²) in [7, 11) is 0. The predicted molar refractivity (Wildman–Crippen MR) is 119 cm³/mol. The molecule has 30 heavy (non-hydrogen) atoms. The van der Waals surface area contributed by atoms with Crippen molar-refractivity contribution in [1.82, 2.24) is 20.3 Å². The van der Waals surface area contributed by atoms with Crippen molar-refractivity contribution in [2.75, 3.05) is 17.2 Å².